The molecule has 0 bridgehead atoms. The Hall–Kier alpha value is -3.37. The van der Waals surface area contributed by atoms with Crippen molar-refractivity contribution < 1.29 is 14.3 Å². The Bertz CT molecular complexity index is 1220. The minimum atomic E-state index is -0.431. The Morgan fingerprint density at radius 1 is 0.833 bits per heavy atom. The van der Waals surface area contributed by atoms with Crippen molar-refractivity contribution in [3.05, 3.63) is 106 Å². The summed E-state index contributed by atoms with van der Waals surface area (Å²) in [7, 11) is 1.56. The predicted molar refractivity (Wildman–Crippen MR) is 125 cm³/mol. The molecule has 0 aliphatic heterocycles. The molecule has 0 aliphatic rings. The maximum atomic E-state index is 12.4. The van der Waals surface area contributed by atoms with Gasteiger partial charge in [0, 0.05) is 4.47 Å². The molecular weight excluding hydrogens is 440 g/mol. The lowest BCUT2D eigenvalue weighted by Gasteiger charge is -2.10. The number of methoxy groups -OCH3 is 1. The van der Waals surface area contributed by atoms with Crippen LogP contribution in [0.15, 0.2) is 89.4 Å². The van der Waals surface area contributed by atoms with E-state index in [1.54, 1.807) is 37.4 Å². The summed E-state index contributed by atoms with van der Waals surface area (Å²) < 4.78 is 11.9. The molecule has 0 N–H and O–H groups in total. The van der Waals surface area contributed by atoms with Gasteiger partial charge in [-0.25, -0.2) is 4.79 Å². The lowest BCUT2D eigenvalue weighted by atomic mass is 10.0. The van der Waals surface area contributed by atoms with Crippen LogP contribution in [-0.4, -0.2) is 13.1 Å². The molecule has 0 saturated heterocycles. The molecule has 4 rings (SSSR count). The van der Waals surface area contributed by atoms with Crippen LogP contribution in [-0.2, 0) is 0 Å². The SMILES string of the molecule is COc1cc(/C=C/c2cccc3ccccc23)ccc1OC(=O)c1ccc(Br)cc1. The van der Waals surface area contributed by atoms with Crippen molar-refractivity contribution in [2.45, 2.75) is 0 Å². The van der Waals surface area contributed by atoms with Gasteiger partial charge in [-0.3, -0.25) is 0 Å². The molecule has 3 nitrogen and oxygen atoms in total. The Labute approximate surface area is 183 Å². The molecule has 0 unspecified atom stereocenters. The van der Waals surface area contributed by atoms with Crippen LogP contribution in [0.2, 0.25) is 0 Å². The highest BCUT2D eigenvalue weighted by atomic mass is 79.9. The normalized spacial score (nSPS) is 11.0. The molecular formula is C26H19BrO3. The summed E-state index contributed by atoms with van der Waals surface area (Å²) in [6, 6.07) is 27.0. The van der Waals surface area contributed by atoms with Crippen molar-refractivity contribution in [3.8, 4) is 11.5 Å². The molecule has 148 valence electrons. The Kier molecular flexibility index (Phi) is 5.96. The van der Waals surface area contributed by atoms with E-state index in [0.717, 1.165) is 15.6 Å². The molecule has 0 aliphatic carbocycles. The monoisotopic (exact) mass is 458 g/mol. The zero-order valence-corrected chi connectivity index (χ0v) is 17.9. The average molecular weight is 459 g/mol. The highest BCUT2D eigenvalue weighted by Crippen LogP contribution is 2.30. The minimum absolute atomic E-state index is 0.382. The molecule has 4 aromatic rings. The number of carbonyl (C=O) groups is 1. The third-order valence-electron chi connectivity index (χ3n) is 4.75. The van der Waals surface area contributed by atoms with Crippen molar-refractivity contribution in [2.75, 3.05) is 7.11 Å². The van der Waals surface area contributed by atoms with Gasteiger partial charge in [-0.1, -0.05) is 76.6 Å². The van der Waals surface area contributed by atoms with E-state index in [0.29, 0.717) is 17.1 Å². The second kappa shape index (κ2) is 8.97. The quantitative estimate of drug-likeness (QED) is 0.183. The van der Waals surface area contributed by atoms with Crippen LogP contribution in [0, 0.1) is 0 Å². The maximum Gasteiger partial charge on any atom is 0.343 e. The van der Waals surface area contributed by atoms with E-state index in [9.17, 15) is 4.79 Å². The van der Waals surface area contributed by atoms with Crippen LogP contribution in [0.3, 0.4) is 0 Å². The molecule has 0 saturated carbocycles. The molecule has 0 atom stereocenters. The molecule has 0 heterocycles. The van der Waals surface area contributed by atoms with E-state index >= 15 is 0 Å². The zero-order chi connectivity index (χ0) is 20.9. The molecule has 0 amide bonds. The van der Waals surface area contributed by atoms with Gasteiger partial charge >= 0.3 is 5.97 Å². The Balaban J connectivity index is 1.56. The second-order valence-corrected chi connectivity index (χ2v) is 7.62. The van der Waals surface area contributed by atoms with Gasteiger partial charge in [0.25, 0.3) is 0 Å². The summed E-state index contributed by atoms with van der Waals surface area (Å²) in [6.45, 7) is 0. The number of benzene rings is 4. The predicted octanol–water partition coefficient (Wildman–Crippen LogP) is 7.00. The number of carbonyl (C=O) groups excluding carboxylic acids is 1. The molecule has 0 fully saturated rings. The highest BCUT2D eigenvalue weighted by Gasteiger charge is 2.12. The van der Waals surface area contributed by atoms with E-state index in [2.05, 4.69) is 46.3 Å². The summed E-state index contributed by atoms with van der Waals surface area (Å²) in [6.07, 6.45) is 4.09. The third kappa shape index (κ3) is 4.44. The van der Waals surface area contributed by atoms with Gasteiger partial charge in [0.2, 0.25) is 0 Å². The zero-order valence-electron chi connectivity index (χ0n) is 16.3. The number of hydrogen-bond donors (Lipinski definition) is 0. The number of halogens is 1. The molecule has 4 heteroatoms. The standard InChI is InChI=1S/C26H19BrO3/c1-29-25-17-18(9-11-20-7-4-6-19-5-2-3-8-23(19)20)10-16-24(25)30-26(28)21-12-14-22(27)15-13-21/h2-17H,1H3/b11-9+. The van der Waals surface area contributed by atoms with Crippen LogP contribution >= 0.6 is 15.9 Å². The summed E-state index contributed by atoms with van der Waals surface area (Å²) in [5.41, 5.74) is 2.56. The van der Waals surface area contributed by atoms with Gasteiger partial charge in [-0.15, -0.1) is 0 Å². The van der Waals surface area contributed by atoms with Gasteiger partial charge in [-0.2, -0.15) is 0 Å². The number of ether oxygens (including phenoxy) is 2. The van der Waals surface area contributed by atoms with Crippen LogP contribution in [0.25, 0.3) is 22.9 Å². The number of fused-ring (bicyclic) bond motifs is 1. The highest BCUT2D eigenvalue weighted by molar-refractivity contribution is 9.10. The summed E-state index contributed by atoms with van der Waals surface area (Å²) in [5.74, 6) is 0.452. The van der Waals surface area contributed by atoms with E-state index < -0.39 is 5.97 Å². The van der Waals surface area contributed by atoms with Crippen LogP contribution < -0.4 is 9.47 Å². The van der Waals surface area contributed by atoms with Crippen LogP contribution in [0.4, 0.5) is 0 Å². The minimum Gasteiger partial charge on any atom is -0.493 e. The first-order valence-electron chi connectivity index (χ1n) is 9.46. The van der Waals surface area contributed by atoms with Gasteiger partial charge in [-0.05, 0) is 58.3 Å². The van der Waals surface area contributed by atoms with Crippen molar-refractivity contribution >= 4 is 44.8 Å². The third-order valence-corrected chi connectivity index (χ3v) is 5.28. The van der Waals surface area contributed by atoms with Crippen LogP contribution in [0.1, 0.15) is 21.5 Å². The Morgan fingerprint density at radius 2 is 1.60 bits per heavy atom. The lowest BCUT2D eigenvalue weighted by molar-refractivity contribution is 0.0729. The topological polar surface area (TPSA) is 35.5 Å². The van der Waals surface area contributed by atoms with Crippen molar-refractivity contribution in [2.24, 2.45) is 0 Å². The number of hydrogen-bond acceptors (Lipinski definition) is 3. The molecule has 30 heavy (non-hydrogen) atoms. The Morgan fingerprint density at radius 3 is 2.40 bits per heavy atom. The fraction of sp³-hybridized carbons (Fsp3) is 0.0385. The summed E-state index contributed by atoms with van der Waals surface area (Å²) in [5, 5.41) is 2.40. The molecule has 4 aromatic carbocycles. The van der Waals surface area contributed by atoms with Gasteiger partial charge in [0.1, 0.15) is 0 Å². The van der Waals surface area contributed by atoms with E-state index in [-0.39, 0.29) is 0 Å². The first-order valence-corrected chi connectivity index (χ1v) is 10.2. The summed E-state index contributed by atoms with van der Waals surface area (Å²) >= 11 is 3.36. The van der Waals surface area contributed by atoms with Gasteiger partial charge in [0.05, 0.1) is 12.7 Å². The van der Waals surface area contributed by atoms with E-state index in [4.69, 9.17) is 9.47 Å². The van der Waals surface area contributed by atoms with Crippen molar-refractivity contribution in [3.63, 3.8) is 0 Å². The first kappa shape index (κ1) is 19.9. The molecule has 0 radical (unpaired) electrons. The summed E-state index contributed by atoms with van der Waals surface area (Å²) in [4.78, 5) is 12.4. The number of esters is 1. The fourth-order valence-electron chi connectivity index (χ4n) is 3.20. The fourth-order valence-corrected chi connectivity index (χ4v) is 3.46. The smallest absolute Gasteiger partial charge is 0.343 e. The first-order chi connectivity index (χ1) is 14.6. The number of rotatable bonds is 5. The van der Waals surface area contributed by atoms with E-state index in [1.807, 2.05) is 36.4 Å². The van der Waals surface area contributed by atoms with Gasteiger partial charge < -0.3 is 9.47 Å². The lowest BCUT2D eigenvalue weighted by Crippen LogP contribution is -2.09. The average Bonchev–Trinajstić information content (AvgIpc) is 2.78. The largest absolute Gasteiger partial charge is 0.493 e. The van der Waals surface area contributed by atoms with Crippen molar-refractivity contribution in [1.82, 2.24) is 0 Å². The molecule has 0 aromatic heterocycles. The van der Waals surface area contributed by atoms with Gasteiger partial charge in [0.15, 0.2) is 11.5 Å². The second-order valence-electron chi connectivity index (χ2n) is 6.71. The van der Waals surface area contributed by atoms with Crippen molar-refractivity contribution in [1.29, 1.82) is 0 Å². The van der Waals surface area contributed by atoms with E-state index in [1.165, 1.54) is 10.8 Å². The van der Waals surface area contributed by atoms with Crippen LogP contribution in [0.5, 0.6) is 11.5 Å². The maximum absolute atomic E-state index is 12.4. The molecule has 0 spiro atoms.